The summed E-state index contributed by atoms with van der Waals surface area (Å²) < 4.78 is 0. The van der Waals surface area contributed by atoms with Gasteiger partial charge in [-0.15, -0.1) is 0 Å². The van der Waals surface area contributed by atoms with Crippen LogP contribution in [0.25, 0.3) is 0 Å². The van der Waals surface area contributed by atoms with Crippen LogP contribution in [0.2, 0.25) is 0 Å². The average Bonchev–Trinajstić information content (AvgIpc) is 2.94. The molecule has 23 heavy (non-hydrogen) atoms. The molecular weight excluding hydrogens is 288 g/mol. The number of hydrogen-bond donors (Lipinski definition) is 3. The maximum Gasteiger partial charge on any atom is 0.101 e. The van der Waals surface area contributed by atoms with Gasteiger partial charge in [0.05, 0.1) is 6.10 Å². The lowest BCUT2D eigenvalue weighted by atomic mass is 9.76. The number of fused-ring (bicyclic) bond motifs is 3. The maximum absolute atomic E-state index is 10.9. The Kier molecular flexibility index (Phi) is 5.01. The minimum Gasteiger partial charge on any atom is -0.396 e. The summed E-state index contributed by atoms with van der Waals surface area (Å²) in [5, 5.41) is 31.4. The third kappa shape index (κ3) is 3.04. The van der Waals surface area contributed by atoms with E-state index in [0.717, 1.165) is 37.7 Å². The highest BCUT2D eigenvalue weighted by Crippen LogP contribution is 2.47. The van der Waals surface area contributed by atoms with Crippen molar-refractivity contribution in [2.75, 3.05) is 6.61 Å². The van der Waals surface area contributed by atoms with Crippen LogP contribution in [0.3, 0.4) is 0 Å². The molecule has 2 bridgehead atoms. The van der Waals surface area contributed by atoms with Gasteiger partial charge in [0.25, 0.3) is 0 Å². The second-order valence-corrected chi connectivity index (χ2v) is 8.23. The highest BCUT2D eigenvalue weighted by atomic mass is 16.3. The predicted octanol–water partition coefficient (Wildman–Crippen LogP) is 3.06. The van der Waals surface area contributed by atoms with Gasteiger partial charge in [0.2, 0.25) is 0 Å². The van der Waals surface area contributed by atoms with Crippen molar-refractivity contribution in [2.45, 2.75) is 65.1 Å². The van der Waals surface area contributed by atoms with E-state index in [0.29, 0.717) is 17.8 Å². The van der Waals surface area contributed by atoms with E-state index in [1.54, 1.807) is 0 Å². The Morgan fingerprint density at radius 3 is 2.57 bits per heavy atom. The van der Waals surface area contributed by atoms with Gasteiger partial charge in [0.1, 0.15) is 6.10 Å². The summed E-state index contributed by atoms with van der Waals surface area (Å²) in [6, 6.07) is 0. The lowest BCUT2D eigenvalue weighted by Crippen LogP contribution is -2.38. The molecule has 6 atom stereocenters. The van der Waals surface area contributed by atoms with E-state index in [1.165, 1.54) is 11.1 Å². The molecule has 0 aliphatic heterocycles. The van der Waals surface area contributed by atoms with E-state index in [4.69, 9.17) is 0 Å². The number of hydrogen-bond acceptors (Lipinski definition) is 3. The molecule has 0 amide bonds. The summed E-state index contributed by atoms with van der Waals surface area (Å²) in [5.41, 5.74) is 3.79. The van der Waals surface area contributed by atoms with Gasteiger partial charge in [-0.25, -0.2) is 0 Å². The summed E-state index contributed by atoms with van der Waals surface area (Å²) in [4.78, 5) is 0. The van der Waals surface area contributed by atoms with Crippen LogP contribution in [0.1, 0.15) is 52.9 Å². The van der Waals surface area contributed by atoms with Gasteiger partial charge in [-0.1, -0.05) is 38.0 Å². The van der Waals surface area contributed by atoms with Gasteiger partial charge in [-0.05, 0) is 61.3 Å². The highest BCUT2D eigenvalue weighted by Gasteiger charge is 2.41. The fourth-order valence-electron chi connectivity index (χ4n) is 5.17. The third-order valence-corrected chi connectivity index (χ3v) is 6.60. The van der Waals surface area contributed by atoms with Gasteiger partial charge in [-0.2, -0.15) is 0 Å². The molecule has 130 valence electrons. The van der Waals surface area contributed by atoms with Crippen LogP contribution >= 0.6 is 0 Å². The molecule has 1 fully saturated rings. The van der Waals surface area contributed by atoms with Crippen molar-refractivity contribution in [3.63, 3.8) is 0 Å². The first kappa shape index (κ1) is 17.2. The molecule has 1 saturated carbocycles. The van der Waals surface area contributed by atoms with E-state index in [1.807, 2.05) is 0 Å². The summed E-state index contributed by atoms with van der Waals surface area (Å²) >= 11 is 0. The Morgan fingerprint density at radius 1 is 1.17 bits per heavy atom. The fourth-order valence-corrected chi connectivity index (χ4v) is 5.17. The molecule has 3 aliphatic carbocycles. The summed E-state index contributed by atoms with van der Waals surface area (Å²) in [6.07, 6.45) is 6.01. The molecule has 3 aliphatic rings. The summed E-state index contributed by atoms with van der Waals surface area (Å²) in [6.45, 7) is 6.65. The smallest absolute Gasteiger partial charge is 0.101 e. The number of rotatable bonds is 2. The largest absolute Gasteiger partial charge is 0.396 e. The molecule has 0 heterocycles. The monoisotopic (exact) mass is 320 g/mol. The zero-order valence-corrected chi connectivity index (χ0v) is 14.7. The van der Waals surface area contributed by atoms with Crippen molar-refractivity contribution in [1.29, 1.82) is 0 Å². The summed E-state index contributed by atoms with van der Waals surface area (Å²) in [7, 11) is 0. The zero-order valence-electron chi connectivity index (χ0n) is 14.7. The molecular formula is C20H32O3. The van der Waals surface area contributed by atoms with Crippen molar-refractivity contribution in [1.82, 2.24) is 0 Å². The van der Waals surface area contributed by atoms with Crippen molar-refractivity contribution < 1.29 is 15.3 Å². The van der Waals surface area contributed by atoms with Crippen LogP contribution in [-0.2, 0) is 0 Å². The first-order valence-electron chi connectivity index (χ1n) is 9.34. The fraction of sp³-hybridized carbons (Fsp3) is 0.800. The Labute approximate surface area is 140 Å². The van der Waals surface area contributed by atoms with Gasteiger partial charge < -0.3 is 15.3 Å². The standard InChI is InChI=1S/C20H32O3/c1-11(2)15-6-4-13-8-17-14(10-21)5-7-16(17)12(3)19(22)20(23)18(15)9-13/h8,11-14,16,19-23H,4-7,9-10H2,1-3H3/b17-8-/t12-,13+,14-,16+,19-,20-/m1/s1. The molecule has 0 spiro atoms. The molecule has 0 saturated heterocycles. The quantitative estimate of drug-likeness (QED) is 0.685. The van der Waals surface area contributed by atoms with Crippen molar-refractivity contribution in [3.05, 3.63) is 22.8 Å². The average molecular weight is 320 g/mol. The molecule has 3 rings (SSSR count). The molecule has 3 nitrogen and oxygen atoms in total. The second-order valence-electron chi connectivity index (χ2n) is 8.23. The number of aliphatic hydroxyl groups is 3. The van der Waals surface area contributed by atoms with Crippen LogP contribution in [-0.4, -0.2) is 34.1 Å². The maximum atomic E-state index is 10.9. The van der Waals surface area contributed by atoms with E-state index in [-0.39, 0.29) is 18.4 Å². The topological polar surface area (TPSA) is 60.7 Å². The van der Waals surface area contributed by atoms with Crippen LogP contribution in [0.5, 0.6) is 0 Å². The van der Waals surface area contributed by atoms with E-state index in [2.05, 4.69) is 26.8 Å². The van der Waals surface area contributed by atoms with Gasteiger partial charge in [-0.3, -0.25) is 0 Å². The Hall–Kier alpha value is -0.640. The minimum absolute atomic E-state index is 0.0352. The molecule has 3 N–H and O–H groups in total. The van der Waals surface area contributed by atoms with E-state index in [9.17, 15) is 15.3 Å². The lowest BCUT2D eigenvalue weighted by Gasteiger charge is -2.33. The second kappa shape index (κ2) is 6.70. The molecule has 3 heteroatoms. The molecule has 0 aromatic rings. The Balaban J connectivity index is 2.03. The van der Waals surface area contributed by atoms with Gasteiger partial charge >= 0.3 is 0 Å². The normalized spacial score (nSPS) is 43.5. The molecule has 0 aromatic heterocycles. The van der Waals surface area contributed by atoms with Crippen LogP contribution in [0.15, 0.2) is 22.8 Å². The van der Waals surface area contributed by atoms with Crippen LogP contribution < -0.4 is 0 Å². The predicted molar refractivity (Wildman–Crippen MR) is 91.8 cm³/mol. The van der Waals surface area contributed by atoms with Crippen LogP contribution in [0, 0.1) is 29.6 Å². The minimum atomic E-state index is -0.730. The lowest BCUT2D eigenvalue weighted by molar-refractivity contribution is -0.00797. The Morgan fingerprint density at radius 2 is 1.91 bits per heavy atom. The SMILES string of the molecule is CC(C)C1=C2C[C@H](/C=C3/[C@@H](CO)CC[C@H]3[C@@H](C)[C@@H](O)[C@@H]2O)CC1. The van der Waals surface area contributed by atoms with Gasteiger partial charge in [0, 0.05) is 12.5 Å². The zero-order chi connectivity index (χ0) is 16.7. The first-order valence-corrected chi connectivity index (χ1v) is 9.34. The highest BCUT2D eigenvalue weighted by molar-refractivity contribution is 5.30. The summed E-state index contributed by atoms with van der Waals surface area (Å²) in [5.74, 6) is 1.47. The van der Waals surface area contributed by atoms with E-state index < -0.39 is 12.2 Å². The number of aliphatic hydroxyl groups excluding tert-OH is 3. The van der Waals surface area contributed by atoms with Crippen molar-refractivity contribution in [2.24, 2.45) is 29.6 Å². The number of allylic oxidation sites excluding steroid dienone is 2. The Bertz CT molecular complexity index is 505. The first-order chi connectivity index (χ1) is 10.9. The van der Waals surface area contributed by atoms with Gasteiger partial charge in [0.15, 0.2) is 0 Å². The van der Waals surface area contributed by atoms with E-state index >= 15 is 0 Å². The van der Waals surface area contributed by atoms with Crippen molar-refractivity contribution in [3.8, 4) is 0 Å². The molecule has 0 radical (unpaired) electrons. The third-order valence-electron chi connectivity index (χ3n) is 6.60. The molecule has 0 aromatic carbocycles. The van der Waals surface area contributed by atoms with Crippen LogP contribution in [0.4, 0.5) is 0 Å². The molecule has 0 unspecified atom stereocenters. The van der Waals surface area contributed by atoms with Crippen molar-refractivity contribution >= 4 is 0 Å².